The summed E-state index contributed by atoms with van der Waals surface area (Å²) in [6.07, 6.45) is 1.07. The minimum atomic E-state index is -0.509. The van der Waals surface area contributed by atoms with Crippen molar-refractivity contribution in [2.45, 2.75) is 26.2 Å². The third-order valence-electron chi connectivity index (χ3n) is 1.97. The molecule has 0 spiro atoms. The zero-order valence-corrected chi connectivity index (χ0v) is 10.6. The van der Waals surface area contributed by atoms with Crippen LogP contribution in [0.25, 0.3) is 0 Å². The summed E-state index contributed by atoms with van der Waals surface area (Å²) in [5.41, 5.74) is 0.816. The molecule has 0 amide bonds. The first kappa shape index (κ1) is 12.9. The fraction of sp³-hybridized carbons (Fsp3) is 0.333. The first-order valence-electron chi connectivity index (χ1n) is 5.10. The molecule has 1 aromatic rings. The molecule has 0 saturated heterocycles. The van der Waals surface area contributed by atoms with Crippen molar-refractivity contribution in [1.29, 1.82) is 0 Å². The quantitative estimate of drug-likeness (QED) is 0.631. The molecule has 0 bridgehead atoms. The third-order valence-corrected chi connectivity index (χ3v) is 2.75. The van der Waals surface area contributed by atoms with E-state index in [1.54, 1.807) is 0 Å². The van der Waals surface area contributed by atoms with Gasteiger partial charge in [-0.3, -0.25) is 9.59 Å². The molecule has 86 valence electrons. The summed E-state index contributed by atoms with van der Waals surface area (Å²) in [4.78, 5) is 22.5. The molecule has 0 atom stereocenters. The molecule has 16 heavy (non-hydrogen) atoms. The third kappa shape index (κ3) is 4.14. The molecule has 3 nitrogen and oxygen atoms in total. The van der Waals surface area contributed by atoms with E-state index in [9.17, 15) is 9.59 Å². The van der Waals surface area contributed by atoms with Gasteiger partial charge in [0, 0.05) is 10.9 Å². The minimum absolute atomic E-state index is 0.108. The van der Waals surface area contributed by atoms with Gasteiger partial charge in [-0.15, -0.1) is 0 Å². The Bertz CT molecular complexity index is 388. The van der Waals surface area contributed by atoms with Crippen LogP contribution in [-0.4, -0.2) is 11.9 Å². The lowest BCUT2D eigenvalue weighted by molar-refractivity contribution is -0.159. The van der Waals surface area contributed by atoms with Crippen molar-refractivity contribution in [2.75, 3.05) is 0 Å². The zero-order chi connectivity index (χ0) is 12.0. The molecule has 0 radical (unpaired) electrons. The fourth-order valence-corrected chi connectivity index (χ4v) is 1.64. The fourth-order valence-electron chi connectivity index (χ4n) is 1.22. The maximum absolute atomic E-state index is 11.4. The predicted molar refractivity (Wildman–Crippen MR) is 63.9 cm³/mol. The summed E-state index contributed by atoms with van der Waals surface area (Å²) in [5.74, 6) is -0.968. The standard InChI is InChI=1S/C12H13BrO3/c1-2-5-11(14)16-12(15)8-9-6-3-4-7-10(9)13/h3-4,6-7H,2,5,8H2,1H3. The number of carbonyl (C=O) groups excluding carboxylic acids is 2. The molecule has 0 saturated carbocycles. The number of carbonyl (C=O) groups is 2. The van der Waals surface area contributed by atoms with E-state index in [1.165, 1.54) is 0 Å². The van der Waals surface area contributed by atoms with Crippen molar-refractivity contribution >= 4 is 27.9 Å². The first-order chi connectivity index (χ1) is 7.63. The number of esters is 2. The zero-order valence-electron chi connectivity index (χ0n) is 9.03. The molecule has 4 heteroatoms. The van der Waals surface area contributed by atoms with E-state index in [1.807, 2.05) is 31.2 Å². The largest absolute Gasteiger partial charge is 0.393 e. The summed E-state index contributed by atoms with van der Waals surface area (Å²) >= 11 is 3.33. The van der Waals surface area contributed by atoms with Crippen molar-refractivity contribution in [3.8, 4) is 0 Å². The van der Waals surface area contributed by atoms with Crippen molar-refractivity contribution in [3.63, 3.8) is 0 Å². The smallest absolute Gasteiger partial charge is 0.317 e. The molecular formula is C12H13BrO3. The highest BCUT2D eigenvalue weighted by atomic mass is 79.9. The van der Waals surface area contributed by atoms with E-state index in [0.717, 1.165) is 10.0 Å². The summed E-state index contributed by atoms with van der Waals surface area (Å²) in [5, 5.41) is 0. The number of rotatable bonds is 4. The van der Waals surface area contributed by atoms with E-state index >= 15 is 0 Å². The molecule has 0 N–H and O–H groups in total. The van der Waals surface area contributed by atoms with Gasteiger partial charge in [0.25, 0.3) is 0 Å². The second-order valence-electron chi connectivity index (χ2n) is 3.36. The second kappa shape index (κ2) is 6.43. The Hall–Kier alpha value is -1.16. The van der Waals surface area contributed by atoms with Gasteiger partial charge in [0.1, 0.15) is 0 Å². The number of benzene rings is 1. The summed E-state index contributed by atoms with van der Waals surface area (Å²) in [7, 11) is 0. The lowest BCUT2D eigenvalue weighted by Gasteiger charge is -2.04. The van der Waals surface area contributed by atoms with Crippen LogP contribution in [0.2, 0.25) is 0 Å². The maximum atomic E-state index is 11.4. The molecule has 0 aromatic heterocycles. The van der Waals surface area contributed by atoms with E-state index in [4.69, 9.17) is 0 Å². The summed E-state index contributed by atoms with van der Waals surface area (Å²) in [6, 6.07) is 7.36. The Morgan fingerprint density at radius 3 is 2.56 bits per heavy atom. The van der Waals surface area contributed by atoms with Crippen molar-refractivity contribution in [3.05, 3.63) is 34.3 Å². The average Bonchev–Trinajstić information content (AvgIpc) is 2.21. The van der Waals surface area contributed by atoms with Crippen LogP contribution in [0.3, 0.4) is 0 Å². The van der Waals surface area contributed by atoms with E-state index < -0.39 is 11.9 Å². The molecule has 0 heterocycles. The molecule has 0 aliphatic heterocycles. The second-order valence-corrected chi connectivity index (χ2v) is 4.22. The SMILES string of the molecule is CCCC(=O)OC(=O)Cc1ccccc1Br. The van der Waals surface area contributed by atoms with Crippen molar-refractivity contribution in [1.82, 2.24) is 0 Å². The Kier molecular flexibility index (Phi) is 5.19. The Morgan fingerprint density at radius 1 is 1.25 bits per heavy atom. The highest BCUT2D eigenvalue weighted by Crippen LogP contribution is 2.16. The van der Waals surface area contributed by atoms with Gasteiger partial charge in [0.2, 0.25) is 0 Å². The van der Waals surface area contributed by atoms with Crippen LogP contribution in [0.4, 0.5) is 0 Å². The highest BCUT2D eigenvalue weighted by Gasteiger charge is 2.11. The molecule has 0 aliphatic carbocycles. The van der Waals surface area contributed by atoms with Crippen LogP contribution in [0.1, 0.15) is 25.3 Å². The normalized spacial score (nSPS) is 9.88. The van der Waals surface area contributed by atoms with Gasteiger partial charge in [-0.25, -0.2) is 0 Å². The number of ether oxygens (including phenoxy) is 1. The number of hydrogen-bond acceptors (Lipinski definition) is 3. The van der Waals surface area contributed by atoms with Crippen molar-refractivity contribution in [2.24, 2.45) is 0 Å². The van der Waals surface area contributed by atoms with Crippen LogP contribution in [0.5, 0.6) is 0 Å². The molecule has 0 unspecified atom stereocenters. The lowest BCUT2D eigenvalue weighted by Crippen LogP contribution is -2.14. The molecule has 1 rings (SSSR count). The van der Waals surface area contributed by atoms with Crippen LogP contribution >= 0.6 is 15.9 Å². The van der Waals surface area contributed by atoms with E-state index in [2.05, 4.69) is 20.7 Å². The maximum Gasteiger partial charge on any atom is 0.317 e. The van der Waals surface area contributed by atoms with Gasteiger partial charge in [-0.1, -0.05) is 41.1 Å². The molecular weight excluding hydrogens is 272 g/mol. The van der Waals surface area contributed by atoms with Gasteiger partial charge in [0.15, 0.2) is 0 Å². The Morgan fingerprint density at radius 2 is 1.94 bits per heavy atom. The van der Waals surface area contributed by atoms with Gasteiger partial charge in [-0.2, -0.15) is 0 Å². The number of hydrogen-bond donors (Lipinski definition) is 0. The van der Waals surface area contributed by atoms with Gasteiger partial charge in [-0.05, 0) is 18.1 Å². The van der Waals surface area contributed by atoms with Crippen LogP contribution in [0.15, 0.2) is 28.7 Å². The van der Waals surface area contributed by atoms with Gasteiger partial charge >= 0.3 is 11.9 Å². The summed E-state index contributed by atoms with van der Waals surface area (Å²) in [6.45, 7) is 1.86. The van der Waals surface area contributed by atoms with Crippen LogP contribution in [-0.2, 0) is 20.7 Å². The monoisotopic (exact) mass is 284 g/mol. The van der Waals surface area contributed by atoms with Gasteiger partial charge in [0.05, 0.1) is 6.42 Å². The summed E-state index contributed by atoms with van der Waals surface area (Å²) < 4.78 is 5.49. The van der Waals surface area contributed by atoms with Crippen LogP contribution in [0, 0.1) is 0 Å². The molecule has 0 fully saturated rings. The molecule has 0 aliphatic rings. The first-order valence-corrected chi connectivity index (χ1v) is 5.89. The van der Waals surface area contributed by atoms with E-state index in [-0.39, 0.29) is 12.8 Å². The number of halogens is 1. The highest BCUT2D eigenvalue weighted by molar-refractivity contribution is 9.10. The average molecular weight is 285 g/mol. The Balaban J connectivity index is 2.52. The van der Waals surface area contributed by atoms with Gasteiger partial charge < -0.3 is 4.74 Å². The predicted octanol–water partition coefficient (Wildman–Crippen LogP) is 2.86. The van der Waals surface area contributed by atoms with Crippen molar-refractivity contribution < 1.29 is 14.3 Å². The lowest BCUT2D eigenvalue weighted by atomic mass is 10.1. The Labute approximate surface area is 103 Å². The molecule has 1 aromatic carbocycles. The van der Waals surface area contributed by atoms with E-state index in [0.29, 0.717) is 6.42 Å². The minimum Gasteiger partial charge on any atom is -0.393 e. The van der Waals surface area contributed by atoms with Crippen LogP contribution < -0.4 is 0 Å². The topological polar surface area (TPSA) is 43.4 Å².